The van der Waals surface area contributed by atoms with Crippen molar-refractivity contribution in [1.29, 1.82) is 0 Å². The van der Waals surface area contributed by atoms with Crippen LogP contribution in [-0.4, -0.2) is 20.0 Å². The number of benzene rings is 3. The minimum atomic E-state index is -4.11. The number of nitrogens with zero attached hydrogens (tertiary/aromatic N) is 1. The van der Waals surface area contributed by atoms with Crippen molar-refractivity contribution in [1.82, 2.24) is 4.98 Å². The number of halogens is 1. The summed E-state index contributed by atoms with van der Waals surface area (Å²) in [6.07, 6.45) is 1.56. The summed E-state index contributed by atoms with van der Waals surface area (Å²) in [6.45, 7) is 2.36. The molecule has 0 atom stereocenters. The zero-order valence-electron chi connectivity index (χ0n) is 14.9. The minimum absolute atomic E-state index is 0.0607. The van der Waals surface area contributed by atoms with Crippen LogP contribution in [0.1, 0.15) is 6.92 Å². The van der Waals surface area contributed by atoms with E-state index >= 15 is 0 Å². The molecule has 0 aliphatic rings. The van der Waals surface area contributed by atoms with E-state index in [1.807, 2.05) is 19.1 Å². The Labute approximate surface area is 167 Å². The molecule has 7 heteroatoms. The van der Waals surface area contributed by atoms with Crippen molar-refractivity contribution < 1.29 is 17.3 Å². The fourth-order valence-corrected chi connectivity index (χ4v) is 4.44. The zero-order chi connectivity index (χ0) is 19.7. The number of hydrogen-bond acceptors (Lipinski definition) is 5. The molecule has 1 heterocycles. The summed E-state index contributed by atoms with van der Waals surface area (Å²) >= 11 is 6.18. The first-order valence-electron chi connectivity index (χ1n) is 8.63. The molecular weight excluding hydrogens is 398 g/mol. The second-order valence-corrected chi connectivity index (χ2v) is 7.94. The molecule has 0 saturated carbocycles. The van der Waals surface area contributed by atoms with Gasteiger partial charge in [0, 0.05) is 22.4 Å². The van der Waals surface area contributed by atoms with Gasteiger partial charge in [-0.15, -0.1) is 0 Å². The van der Waals surface area contributed by atoms with Crippen molar-refractivity contribution in [3.05, 3.63) is 71.9 Å². The van der Waals surface area contributed by atoms with Crippen LogP contribution in [0.4, 0.5) is 0 Å². The van der Waals surface area contributed by atoms with E-state index in [0.717, 1.165) is 0 Å². The Morgan fingerprint density at radius 1 is 0.893 bits per heavy atom. The first kappa shape index (κ1) is 18.5. The van der Waals surface area contributed by atoms with Crippen molar-refractivity contribution in [2.45, 2.75) is 11.8 Å². The topological polar surface area (TPSA) is 65.5 Å². The third-order valence-electron chi connectivity index (χ3n) is 4.29. The third-order valence-corrected chi connectivity index (χ3v) is 5.92. The molecule has 0 fully saturated rings. The highest BCUT2D eigenvalue weighted by atomic mass is 35.5. The summed E-state index contributed by atoms with van der Waals surface area (Å²) in [5.41, 5.74) is 0.383. The molecule has 0 aliphatic heterocycles. The van der Waals surface area contributed by atoms with Crippen LogP contribution < -0.4 is 8.92 Å². The van der Waals surface area contributed by atoms with Crippen LogP contribution in [0, 0.1) is 0 Å². The number of aromatic nitrogens is 1. The Bertz CT molecular complexity index is 1290. The molecule has 0 spiro atoms. The first-order valence-corrected chi connectivity index (χ1v) is 10.4. The average Bonchev–Trinajstić information content (AvgIpc) is 2.70. The van der Waals surface area contributed by atoms with E-state index in [1.54, 1.807) is 42.6 Å². The lowest BCUT2D eigenvalue weighted by Gasteiger charge is -2.13. The van der Waals surface area contributed by atoms with Gasteiger partial charge in [0.15, 0.2) is 5.75 Å². The van der Waals surface area contributed by atoms with E-state index < -0.39 is 10.1 Å². The molecular formula is C21H16ClNO4S. The lowest BCUT2D eigenvalue weighted by Crippen LogP contribution is -2.11. The number of pyridine rings is 1. The van der Waals surface area contributed by atoms with Gasteiger partial charge in [-0.2, -0.15) is 8.42 Å². The third kappa shape index (κ3) is 3.25. The van der Waals surface area contributed by atoms with Gasteiger partial charge in [-0.1, -0.05) is 35.9 Å². The Morgan fingerprint density at radius 2 is 1.61 bits per heavy atom. The molecule has 0 saturated heterocycles. The van der Waals surface area contributed by atoms with E-state index in [9.17, 15) is 8.42 Å². The lowest BCUT2D eigenvalue weighted by molar-refractivity contribution is 0.344. The predicted octanol–water partition coefficient (Wildman–Crippen LogP) is 5.21. The van der Waals surface area contributed by atoms with Crippen molar-refractivity contribution in [3.63, 3.8) is 0 Å². The highest BCUT2D eigenvalue weighted by molar-refractivity contribution is 7.87. The highest BCUT2D eigenvalue weighted by Crippen LogP contribution is 2.35. The van der Waals surface area contributed by atoms with Gasteiger partial charge in [0.1, 0.15) is 16.2 Å². The van der Waals surface area contributed by atoms with Crippen molar-refractivity contribution in [2.75, 3.05) is 6.61 Å². The first-order chi connectivity index (χ1) is 13.5. The van der Waals surface area contributed by atoms with E-state index in [-0.39, 0.29) is 10.6 Å². The molecule has 4 aromatic rings. The maximum atomic E-state index is 13.1. The fraction of sp³-hybridized carbons (Fsp3) is 0.0952. The maximum Gasteiger partial charge on any atom is 0.339 e. The van der Waals surface area contributed by atoms with Gasteiger partial charge in [0.25, 0.3) is 0 Å². The molecule has 3 aromatic carbocycles. The molecule has 0 unspecified atom stereocenters. The molecule has 142 valence electrons. The molecule has 0 bridgehead atoms. The van der Waals surface area contributed by atoms with Crippen molar-refractivity contribution >= 4 is 43.4 Å². The Hall–Kier alpha value is -2.83. The average molecular weight is 414 g/mol. The molecule has 28 heavy (non-hydrogen) atoms. The number of rotatable bonds is 5. The van der Waals surface area contributed by atoms with Gasteiger partial charge in [0.05, 0.1) is 11.6 Å². The summed E-state index contributed by atoms with van der Waals surface area (Å²) in [5.74, 6) is 0.744. The van der Waals surface area contributed by atoms with E-state index in [0.29, 0.717) is 39.1 Å². The molecule has 0 amide bonds. The standard InChI is InChI=1S/C21H16ClNO4S/c1-2-26-18-11-12-20(15-7-4-3-6-14(15)18)28(24,25)27-19-10-9-17(22)16-8-5-13-23-21(16)19/h3-13H,2H2,1H3. The van der Waals surface area contributed by atoms with Gasteiger partial charge in [0.2, 0.25) is 0 Å². The smallest absolute Gasteiger partial charge is 0.339 e. The minimum Gasteiger partial charge on any atom is -0.493 e. The van der Waals surface area contributed by atoms with E-state index in [4.69, 9.17) is 20.5 Å². The van der Waals surface area contributed by atoms with Crippen LogP contribution >= 0.6 is 11.6 Å². The molecule has 4 rings (SSSR count). The Kier molecular flexibility index (Phi) is 4.83. The number of fused-ring (bicyclic) bond motifs is 2. The summed E-state index contributed by atoms with van der Waals surface area (Å²) in [4.78, 5) is 4.29. The summed E-state index contributed by atoms with van der Waals surface area (Å²) in [5, 5.41) is 2.32. The monoisotopic (exact) mass is 413 g/mol. The van der Waals surface area contributed by atoms with Crippen LogP contribution in [0.15, 0.2) is 71.8 Å². The Morgan fingerprint density at radius 3 is 2.39 bits per heavy atom. The van der Waals surface area contributed by atoms with Crippen LogP contribution in [-0.2, 0) is 10.1 Å². The van der Waals surface area contributed by atoms with Crippen molar-refractivity contribution in [2.24, 2.45) is 0 Å². The van der Waals surface area contributed by atoms with Gasteiger partial charge < -0.3 is 8.92 Å². The molecule has 0 aliphatic carbocycles. The summed E-state index contributed by atoms with van der Waals surface area (Å²) in [7, 11) is -4.11. The highest BCUT2D eigenvalue weighted by Gasteiger charge is 2.23. The lowest BCUT2D eigenvalue weighted by atomic mass is 10.1. The van der Waals surface area contributed by atoms with E-state index in [2.05, 4.69) is 4.98 Å². The molecule has 0 radical (unpaired) electrons. The largest absolute Gasteiger partial charge is 0.493 e. The van der Waals surface area contributed by atoms with Crippen LogP contribution in [0.3, 0.4) is 0 Å². The quantitative estimate of drug-likeness (QED) is 0.420. The maximum absolute atomic E-state index is 13.1. The zero-order valence-corrected chi connectivity index (χ0v) is 16.5. The van der Waals surface area contributed by atoms with E-state index in [1.165, 1.54) is 12.1 Å². The molecule has 1 aromatic heterocycles. The van der Waals surface area contributed by atoms with Gasteiger partial charge in [-0.25, -0.2) is 0 Å². The number of hydrogen-bond donors (Lipinski definition) is 0. The number of ether oxygens (including phenoxy) is 1. The molecule has 5 nitrogen and oxygen atoms in total. The Balaban J connectivity index is 1.85. The van der Waals surface area contributed by atoms with Gasteiger partial charge >= 0.3 is 10.1 Å². The van der Waals surface area contributed by atoms with Crippen LogP contribution in [0.5, 0.6) is 11.5 Å². The van der Waals surface area contributed by atoms with Gasteiger partial charge in [-0.3, -0.25) is 4.98 Å². The molecule has 0 N–H and O–H groups in total. The fourth-order valence-electron chi connectivity index (χ4n) is 3.09. The SMILES string of the molecule is CCOc1ccc(S(=O)(=O)Oc2ccc(Cl)c3cccnc23)c2ccccc12. The van der Waals surface area contributed by atoms with Crippen molar-refractivity contribution in [3.8, 4) is 11.5 Å². The van der Waals surface area contributed by atoms with Gasteiger partial charge in [-0.05, 0) is 43.3 Å². The normalized spacial score (nSPS) is 11.6. The second-order valence-electron chi connectivity index (χ2n) is 6.02. The summed E-state index contributed by atoms with van der Waals surface area (Å²) in [6, 6.07) is 16.9. The van der Waals surface area contributed by atoms with Crippen LogP contribution in [0.25, 0.3) is 21.7 Å². The second kappa shape index (κ2) is 7.30. The summed E-state index contributed by atoms with van der Waals surface area (Å²) < 4.78 is 37.3. The predicted molar refractivity (Wildman–Crippen MR) is 110 cm³/mol. The van der Waals surface area contributed by atoms with Crippen LogP contribution in [0.2, 0.25) is 5.02 Å².